The third-order valence-electron chi connectivity index (χ3n) is 1.91. The lowest BCUT2D eigenvalue weighted by atomic mass is 10.2. The van der Waals surface area contributed by atoms with Crippen molar-refractivity contribution in [3.63, 3.8) is 0 Å². The molecule has 0 aliphatic carbocycles. The van der Waals surface area contributed by atoms with Gasteiger partial charge in [0.15, 0.2) is 0 Å². The minimum atomic E-state index is -5.63. The lowest BCUT2D eigenvalue weighted by Gasteiger charge is -2.08. The van der Waals surface area contributed by atoms with Gasteiger partial charge in [0.1, 0.15) is 11.3 Å². The molecule has 1 aromatic heterocycles. The fourth-order valence-corrected chi connectivity index (χ4v) is 1.62. The molecule has 0 amide bonds. The summed E-state index contributed by atoms with van der Waals surface area (Å²) in [6, 6.07) is 5.01. The highest BCUT2D eigenvalue weighted by atomic mass is 35.7. The third kappa shape index (κ3) is 5.73. The zero-order valence-corrected chi connectivity index (χ0v) is 13.1. The maximum absolute atomic E-state index is 12.0. The largest absolute Gasteiger partial charge is 0.534 e. The van der Waals surface area contributed by atoms with E-state index in [2.05, 4.69) is 14.9 Å². The summed E-state index contributed by atoms with van der Waals surface area (Å²) in [4.78, 5) is 0. The van der Waals surface area contributed by atoms with Crippen LogP contribution in [0.25, 0.3) is 11.0 Å². The maximum atomic E-state index is 12.0. The first-order valence-electron chi connectivity index (χ1n) is 5.17. The van der Waals surface area contributed by atoms with E-state index in [0.717, 1.165) is 18.4 Å². The minimum Gasteiger partial charge on any atom is -0.464 e. The van der Waals surface area contributed by atoms with Gasteiger partial charge in [-0.1, -0.05) is 0 Å². The molecule has 6 nitrogen and oxygen atoms in total. The van der Waals surface area contributed by atoms with Crippen molar-refractivity contribution in [2.24, 2.45) is 0 Å². The lowest BCUT2D eigenvalue weighted by Crippen LogP contribution is -2.27. The molecule has 0 aliphatic heterocycles. The first-order chi connectivity index (χ1) is 9.79. The molecule has 0 aliphatic rings. The molecule has 1 aromatic carbocycles. The maximum Gasteiger partial charge on any atom is 0.534 e. The zero-order valence-electron chi connectivity index (χ0n) is 10.7. The Bertz CT molecular complexity index is 846. The normalized spacial score (nSPS) is 12.6. The molecular formula is C10H8ClF3O6S2. The fraction of sp³-hybridized carbons (Fsp3) is 0.200. The van der Waals surface area contributed by atoms with Gasteiger partial charge in [0.25, 0.3) is 0 Å². The average molecular weight is 381 g/mol. The summed E-state index contributed by atoms with van der Waals surface area (Å²) < 4.78 is 85.3. The number of furan rings is 1. The Hall–Kier alpha value is -1.46. The summed E-state index contributed by atoms with van der Waals surface area (Å²) in [7, 11) is -4.33. The summed E-state index contributed by atoms with van der Waals surface area (Å²) in [6.07, 6.45) is 2.25. The summed E-state index contributed by atoms with van der Waals surface area (Å²) in [5.41, 5.74) is -5.03. The van der Waals surface area contributed by atoms with Crippen LogP contribution >= 0.6 is 10.7 Å². The second-order valence-corrected chi connectivity index (χ2v) is 8.37. The van der Waals surface area contributed by atoms with Crippen molar-refractivity contribution < 1.29 is 38.6 Å². The van der Waals surface area contributed by atoms with Crippen LogP contribution < -0.4 is 4.18 Å². The Morgan fingerprint density at radius 2 is 1.68 bits per heavy atom. The number of alkyl halides is 3. The lowest BCUT2D eigenvalue weighted by molar-refractivity contribution is -0.0500. The van der Waals surface area contributed by atoms with Gasteiger partial charge in [0.2, 0.25) is 9.05 Å². The molecule has 0 bridgehead atoms. The predicted molar refractivity (Wildman–Crippen MR) is 72.5 cm³/mol. The van der Waals surface area contributed by atoms with E-state index >= 15 is 0 Å². The molecule has 0 unspecified atom stereocenters. The van der Waals surface area contributed by atoms with Gasteiger partial charge in [0, 0.05) is 16.1 Å². The van der Waals surface area contributed by atoms with Crippen LogP contribution in [0.15, 0.2) is 34.9 Å². The molecule has 0 saturated heterocycles. The monoisotopic (exact) mass is 380 g/mol. The number of hydrogen-bond acceptors (Lipinski definition) is 6. The van der Waals surface area contributed by atoms with E-state index in [1.807, 2.05) is 0 Å². The molecule has 0 fully saturated rings. The number of hydrogen-bond donors (Lipinski definition) is 0. The molecule has 0 saturated carbocycles. The number of fused-ring (bicyclic) bond motifs is 1. The quantitative estimate of drug-likeness (QED) is 0.452. The fourth-order valence-electron chi connectivity index (χ4n) is 1.17. The highest BCUT2D eigenvalue weighted by Crippen LogP contribution is 2.28. The molecule has 12 heteroatoms. The van der Waals surface area contributed by atoms with E-state index in [1.165, 1.54) is 18.4 Å². The van der Waals surface area contributed by atoms with Crippen LogP contribution in [0.1, 0.15) is 0 Å². The Morgan fingerprint density at radius 1 is 1.14 bits per heavy atom. The third-order valence-corrected chi connectivity index (χ3v) is 2.89. The minimum absolute atomic E-state index is 0.418. The first-order valence-corrected chi connectivity index (χ1v) is 9.30. The van der Waals surface area contributed by atoms with E-state index in [-0.39, 0.29) is 0 Å². The van der Waals surface area contributed by atoms with Crippen molar-refractivity contribution in [2.45, 2.75) is 5.51 Å². The topological polar surface area (TPSA) is 90.7 Å². The van der Waals surface area contributed by atoms with E-state index < -0.39 is 30.4 Å². The van der Waals surface area contributed by atoms with Gasteiger partial charge in [-0.15, -0.1) is 0 Å². The van der Waals surface area contributed by atoms with Gasteiger partial charge in [-0.25, -0.2) is 8.42 Å². The Labute approximate surface area is 128 Å². The van der Waals surface area contributed by atoms with Crippen LogP contribution in [0.2, 0.25) is 0 Å². The van der Waals surface area contributed by atoms with Crippen LogP contribution in [-0.4, -0.2) is 28.6 Å². The van der Waals surface area contributed by atoms with Crippen LogP contribution in [-0.2, 0) is 19.2 Å². The Balaban J connectivity index is 0.000000422. The van der Waals surface area contributed by atoms with Gasteiger partial charge in [-0.2, -0.15) is 21.6 Å². The molecule has 2 aromatic rings. The highest BCUT2D eigenvalue weighted by Gasteiger charge is 2.48. The highest BCUT2D eigenvalue weighted by molar-refractivity contribution is 8.13. The van der Waals surface area contributed by atoms with Gasteiger partial charge in [-0.3, -0.25) is 0 Å². The van der Waals surface area contributed by atoms with Gasteiger partial charge in [0.05, 0.1) is 12.5 Å². The molecule has 22 heavy (non-hydrogen) atoms. The van der Waals surface area contributed by atoms with E-state index in [0.29, 0.717) is 11.0 Å². The summed E-state index contributed by atoms with van der Waals surface area (Å²) in [6.45, 7) is 0. The molecule has 1 heterocycles. The SMILES string of the molecule is CS(=O)(=O)Cl.O=S(=O)(Oc1ccc2occc2c1)C(F)(F)F. The Kier molecular flexibility index (Phi) is 5.36. The summed E-state index contributed by atoms with van der Waals surface area (Å²) >= 11 is 0. The predicted octanol–water partition coefficient (Wildman–Crippen LogP) is 2.85. The average Bonchev–Trinajstić information content (AvgIpc) is 2.71. The van der Waals surface area contributed by atoms with Crippen molar-refractivity contribution in [1.29, 1.82) is 0 Å². The molecule has 0 radical (unpaired) electrons. The van der Waals surface area contributed by atoms with Crippen molar-refractivity contribution in [2.75, 3.05) is 6.26 Å². The number of rotatable bonds is 2. The van der Waals surface area contributed by atoms with Crippen molar-refractivity contribution in [1.82, 2.24) is 0 Å². The van der Waals surface area contributed by atoms with Gasteiger partial charge >= 0.3 is 15.6 Å². The zero-order chi connectivity index (χ0) is 17.2. The smallest absolute Gasteiger partial charge is 0.464 e. The summed E-state index contributed by atoms with van der Waals surface area (Å²) in [5.74, 6) is -0.420. The molecule has 124 valence electrons. The van der Waals surface area contributed by atoms with Gasteiger partial charge in [-0.05, 0) is 24.3 Å². The standard InChI is InChI=1S/C9H5F3O4S.CH3ClO2S/c10-9(11,12)17(13,14)16-7-1-2-8-6(5-7)3-4-15-8;1-5(2,3)4/h1-5H;1H3. The molecular weight excluding hydrogens is 373 g/mol. The van der Waals surface area contributed by atoms with E-state index in [9.17, 15) is 30.0 Å². The van der Waals surface area contributed by atoms with Crippen LogP contribution in [0.5, 0.6) is 5.75 Å². The molecule has 0 N–H and O–H groups in total. The molecule has 2 rings (SSSR count). The Morgan fingerprint density at radius 3 is 2.18 bits per heavy atom. The van der Waals surface area contributed by atoms with Crippen molar-refractivity contribution in [3.05, 3.63) is 30.5 Å². The van der Waals surface area contributed by atoms with E-state index in [4.69, 9.17) is 4.42 Å². The van der Waals surface area contributed by atoms with Crippen molar-refractivity contribution >= 4 is 40.8 Å². The van der Waals surface area contributed by atoms with Crippen LogP contribution in [0, 0.1) is 0 Å². The number of halogens is 4. The van der Waals surface area contributed by atoms with Gasteiger partial charge < -0.3 is 8.60 Å². The summed E-state index contributed by atoms with van der Waals surface area (Å²) in [5, 5.41) is 0.444. The molecule has 0 spiro atoms. The second kappa shape index (κ2) is 6.34. The number of benzene rings is 1. The van der Waals surface area contributed by atoms with Crippen LogP contribution in [0.3, 0.4) is 0 Å². The van der Waals surface area contributed by atoms with Crippen LogP contribution in [0.4, 0.5) is 13.2 Å². The first kappa shape index (κ1) is 18.6. The van der Waals surface area contributed by atoms with Crippen molar-refractivity contribution in [3.8, 4) is 5.75 Å². The second-order valence-electron chi connectivity index (χ2n) is 3.79. The van der Waals surface area contributed by atoms with E-state index in [1.54, 1.807) is 0 Å². The molecule has 0 atom stereocenters.